The third-order valence-electron chi connectivity index (χ3n) is 4.07. The normalized spacial score (nSPS) is 17.5. The van der Waals surface area contributed by atoms with Crippen LogP contribution in [0.3, 0.4) is 0 Å². The van der Waals surface area contributed by atoms with Crippen LogP contribution in [0.5, 0.6) is 0 Å². The van der Waals surface area contributed by atoms with Gasteiger partial charge in [-0.15, -0.1) is 0 Å². The quantitative estimate of drug-likeness (QED) is 0.688. The average molecular weight is 235 g/mol. The Bertz CT molecular complexity index is 759. The van der Waals surface area contributed by atoms with Gasteiger partial charge in [-0.2, -0.15) is 0 Å². The van der Waals surface area contributed by atoms with E-state index in [2.05, 4.69) is 42.0 Å². The highest BCUT2D eigenvalue weighted by Gasteiger charge is 2.30. The number of allylic oxidation sites excluding steroid dienone is 4. The molecule has 0 atom stereocenters. The smallest absolute Gasteiger partial charge is 0.163 e. The van der Waals surface area contributed by atoms with Crippen LogP contribution in [0.1, 0.15) is 17.7 Å². The minimum atomic E-state index is 0.285. The summed E-state index contributed by atoms with van der Waals surface area (Å²) in [5, 5.41) is 1.28. The molecule has 0 radical (unpaired) electrons. The number of hydrogen-bond donors (Lipinski definition) is 0. The van der Waals surface area contributed by atoms with Crippen LogP contribution in [0, 0.1) is 0 Å². The van der Waals surface area contributed by atoms with Crippen molar-refractivity contribution in [3.8, 4) is 0 Å². The fourth-order valence-corrected chi connectivity index (χ4v) is 3.24. The number of carbonyl (C=O) groups is 1. The van der Waals surface area contributed by atoms with E-state index in [0.717, 1.165) is 17.6 Å². The second-order valence-corrected chi connectivity index (χ2v) is 5.00. The van der Waals surface area contributed by atoms with Crippen molar-refractivity contribution in [2.45, 2.75) is 12.8 Å². The van der Waals surface area contributed by atoms with Gasteiger partial charge in [-0.1, -0.05) is 30.4 Å². The van der Waals surface area contributed by atoms with Gasteiger partial charge in [0.15, 0.2) is 5.78 Å². The number of benzene rings is 1. The van der Waals surface area contributed by atoms with Gasteiger partial charge in [0.05, 0.1) is 5.69 Å². The van der Waals surface area contributed by atoms with Crippen molar-refractivity contribution in [3.63, 3.8) is 0 Å². The summed E-state index contributed by atoms with van der Waals surface area (Å²) in [6.07, 6.45) is 5.45. The van der Waals surface area contributed by atoms with Crippen LogP contribution < -0.4 is 0 Å². The highest BCUT2D eigenvalue weighted by molar-refractivity contribution is 6.11. The van der Waals surface area contributed by atoms with E-state index in [1.54, 1.807) is 0 Å². The van der Waals surface area contributed by atoms with E-state index < -0.39 is 0 Å². The largest absolute Gasteiger partial charge is 0.343 e. The Hall–Kier alpha value is -2.09. The highest BCUT2D eigenvalue weighted by atomic mass is 16.1. The second kappa shape index (κ2) is 3.22. The van der Waals surface area contributed by atoms with E-state index >= 15 is 0 Å². The fourth-order valence-electron chi connectivity index (χ4n) is 3.24. The van der Waals surface area contributed by atoms with Gasteiger partial charge in [-0.3, -0.25) is 4.79 Å². The van der Waals surface area contributed by atoms with E-state index in [1.807, 2.05) is 6.08 Å². The average Bonchev–Trinajstić information content (AvgIpc) is 2.89. The van der Waals surface area contributed by atoms with Gasteiger partial charge in [0, 0.05) is 41.9 Å². The van der Waals surface area contributed by atoms with Crippen LogP contribution in [-0.4, -0.2) is 10.4 Å². The molecule has 2 nitrogen and oxygen atoms in total. The number of ketones is 1. The van der Waals surface area contributed by atoms with E-state index in [9.17, 15) is 4.79 Å². The van der Waals surface area contributed by atoms with Crippen LogP contribution in [0.15, 0.2) is 42.0 Å². The number of fused-ring (bicyclic) bond motifs is 4. The number of Topliss-reactive ketones (excluding diaryl/α,β-unsaturated/α-hetero) is 1. The SMILES string of the molecule is Cn1c2c(c3ccccc31)CC1=C2C=CCC1=O. The van der Waals surface area contributed by atoms with Crippen molar-refractivity contribution >= 4 is 22.3 Å². The first-order valence-corrected chi connectivity index (χ1v) is 6.27. The maximum atomic E-state index is 12.0. The minimum absolute atomic E-state index is 0.285. The maximum Gasteiger partial charge on any atom is 0.163 e. The number of para-hydroxylation sites is 1. The minimum Gasteiger partial charge on any atom is -0.343 e. The molecule has 18 heavy (non-hydrogen) atoms. The number of nitrogens with zero attached hydrogens (tertiary/aromatic N) is 1. The first kappa shape index (κ1) is 9.89. The van der Waals surface area contributed by atoms with E-state index in [4.69, 9.17) is 0 Å². The summed E-state index contributed by atoms with van der Waals surface area (Å²) in [5.74, 6) is 0.285. The summed E-state index contributed by atoms with van der Waals surface area (Å²) in [5.41, 5.74) is 5.94. The standard InChI is InChI=1S/C16H13NO/c1-17-14-7-3-2-5-10(14)13-9-12-11(16(13)17)6-4-8-15(12)18/h2-7H,8-9H2,1H3. The zero-order chi connectivity index (χ0) is 12.3. The fraction of sp³-hybridized carbons (Fsp3) is 0.188. The lowest BCUT2D eigenvalue weighted by Crippen LogP contribution is -2.06. The zero-order valence-electron chi connectivity index (χ0n) is 10.2. The Morgan fingerprint density at radius 3 is 2.94 bits per heavy atom. The van der Waals surface area contributed by atoms with Crippen LogP contribution in [-0.2, 0) is 18.3 Å². The van der Waals surface area contributed by atoms with Crippen molar-refractivity contribution in [3.05, 3.63) is 53.2 Å². The molecule has 0 N–H and O–H groups in total. The van der Waals surface area contributed by atoms with E-state index in [-0.39, 0.29) is 5.78 Å². The van der Waals surface area contributed by atoms with E-state index in [1.165, 1.54) is 22.2 Å². The molecule has 4 rings (SSSR count). The molecule has 0 saturated carbocycles. The number of hydrogen-bond acceptors (Lipinski definition) is 1. The van der Waals surface area contributed by atoms with Crippen LogP contribution in [0.4, 0.5) is 0 Å². The van der Waals surface area contributed by atoms with Gasteiger partial charge in [0.1, 0.15) is 0 Å². The van der Waals surface area contributed by atoms with Gasteiger partial charge < -0.3 is 4.57 Å². The first-order valence-electron chi connectivity index (χ1n) is 6.27. The van der Waals surface area contributed by atoms with Gasteiger partial charge in [0.25, 0.3) is 0 Å². The molecule has 2 aliphatic carbocycles. The predicted molar refractivity (Wildman–Crippen MR) is 72.3 cm³/mol. The molecule has 0 unspecified atom stereocenters. The molecule has 0 saturated heterocycles. The Balaban J connectivity index is 2.09. The Kier molecular flexibility index (Phi) is 1.77. The Morgan fingerprint density at radius 2 is 2.06 bits per heavy atom. The number of rotatable bonds is 0. The summed E-state index contributed by atoms with van der Waals surface area (Å²) in [4.78, 5) is 12.0. The molecule has 1 aromatic heterocycles. The van der Waals surface area contributed by atoms with Gasteiger partial charge in [-0.25, -0.2) is 0 Å². The molecule has 0 bridgehead atoms. The third-order valence-corrected chi connectivity index (χ3v) is 4.07. The molecule has 0 aliphatic heterocycles. The second-order valence-electron chi connectivity index (χ2n) is 5.00. The van der Waals surface area contributed by atoms with Gasteiger partial charge in [-0.05, 0) is 11.6 Å². The molecule has 0 spiro atoms. The molecule has 2 aromatic rings. The summed E-state index contributed by atoms with van der Waals surface area (Å²) in [6, 6.07) is 8.43. The molecule has 1 heterocycles. The monoisotopic (exact) mass is 235 g/mol. The molecule has 0 fully saturated rings. The van der Waals surface area contributed by atoms with Crippen molar-refractivity contribution in [2.75, 3.05) is 0 Å². The predicted octanol–water partition coefficient (Wildman–Crippen LogP) is 3.02. The van der Waals surface area contributed by atoms with Crippen LogP contribution in [0.2, 0.25) is 0 Å². The number of carbonyl (C=O) groups excluding carboxylic acids is 1. The molecule has 1 aromatic carbocycles. The molecular formula is C16H13NO. The topological polar surface area (TPSA) is 22.0 Å². The van der Waals surface area contributed by atoms with Crippen LogP contribution >= 0.6 is 0 Å². The molecule has 2 heteroatoms. The lowest BCUT2D eigenvalue weighted by Gasteiger charge is -2.09. The van der Waals surface area contributed by atoms with Crippen molar-refractivity contribution < 1.29 is 4.79 Å². The zero-order valence-corrected chi connectivity index (χ0v) is 10.2. The van der Waals surface area contributed by atoms with Gasteiger partial charge >= 0.3 is 0 Å². The molecule has 88 valence electrons. The summed E-state index contributed by atoms with van der Waals surface area (Å²) in [7, 11) is 2.09. The van der Waals surface area contributed by atoms with Gasteiger partial charge in [0.2, 0.25) is 0 Å². The number of aromatic nitrogens is 1. The Labute approximate surface area is 105 Å². The van der Waals surface area contributed by atoms with Crippen molar-refractivity contribution in [1.82, 2.24) is 4.57 Å². The highest BCUT2D eigenvalue weighted by Crippen LogP contribution is 2.41. The maximum absolute atomic E-state index is 12.0. The summed E-state index contributed by atoms with van der Waals surface area (Å²) >= 11 is 0. The lowest BCUT2D eigenvalue weighted by atomic mass is 9.97. The number of aryl methyl sites for hydroxylation is 1. The van der Waals surface area contributed by atoms with Crippen molar-refractivity contribution in [2.24, 2.45) is 7.05 Å². The summed E-state index contributed by atoms with van der Waals surface area (Å²) in [6.45, 7) is 0. The summed E-state index contributed by atoms with van der Waals surface area (Å²) < 4.78 is 2.22. The first-order chi connectivity index (χ1) is 8.77. The molecule has 0 amide bonds. The molecule has 2 aliphatic rings. The third kappa shape index (κ3) is 1.05. The molecular weight excluding hydrogens is 222 g/mol. The Morgan fingerprint density at radius 1 is 1.22 bits per heavy atom. The van der Waals surface area contributed by atoms with Crippen LogP contribution in [0.25, 0.3) is 16.5 Å². The van der Waals surface area contributed by atoms with Crippen molar-refractivity contribution in [1.29, 1.82) is 0 Å². The lowest BCUT2D eigenvalue weighted by molar-refractivity contribution is -0.114. The van der Waals surface area contributed by atoms with E-state index in [0.29, 0.717) is 6.42 Å².